The quantitative estimate of drug-likeness (QED) is 0.943. The molecule has 2 heterocycles. The maximum atomic E-state index is 12.7. The third-order valence-corrected chi connectivity index (χ3v) is 4.41. The molecule has 1 aromatic carbocycles. The summed E-state index contributed by atoms with van der Waals surface area (Å²) in [6.45, 7) is 4.56. The van der Waals surface area contributed by atoms with Crippen molar-refractivity contribution in [1.29, 1.82) is 0 Å². The molecule has 0 aliphatic carbocycles. The number of nitrogens with one attached hydrogen (secondary N) is 1. The van der Waals surface area contributed by atoms with Crippen molar-refractivity contribution >= 4 is 5.91 Å². The van der Waals surface area contributed by atoms with E-state index in [1.54, 1.807) is 12.4 Å². The zero-order valence-corrected chi connectivity index (χ0v) is 13.5. The summed E-state index contributed by atoms with van der Waals surface area (Å²) in [5.74, 6) is 0.170. The molecule has 1 N–H and O–H groups in total. The number of carbonyl (C=O) groups is 1. The van der Waals surface area contributed by atoms with Crippen molar-refractivity contribution in [3.8, 4) is 0 Å². The number of amides is 1. The summed E-state index contributed by atoms with van der Waals surface area (Å²) in [4.78, 5) is 18.8. The largest absolute Gasteiger partial charge is 0.333 e. The van der Waals surface area contributed by atoms with E-state index in [2.05, 4.69) is 41.5 Å². The Labute approximate surface area is 137 Å². The SMILES string of the molecule is CCc1ccc(C2CNCCN2C(=O)Cc2cccnc2)cc1. The van der Waals surface area contributed by atoms with Gasteiger partial charge in [0.15, 0.2) is 0 Å². The summed E-state index contributed by atoms with van der Waals surface area (Å²) < 4.78 is 0. The van der Waals surface area contributed by atoms with E-state index in [-0.39, 0.29) is 11.9 Å². The molecule has 1 atom stereocenters. The predicted molar refractivity (Wildman–Crippen MR) is 91.1 cm³/mol. The predicted octanol–water partition coefficient (Wildman–Crippen LogP) is 2.36. The van der Waals surface area contributed by atoms with E-state index < -0.39 is 0 Å². The number of hydrogen-bond acceptors (Lipinski definition) is 3. The van der Waals surface area contributed by atoms with Gasteiger partial charge in [-0.05, 0) is 29.2 Å². The second-order valence-electron chi connectivity index (χ2n) is 5.94. The molecule has 120 valence electrons. The van der Waals surface area contributed by atoms with Gasteiger partial charge in [0, 0.05) is 32.0 Å². The van der Waals surface area contributed by atoms with E-state index in [0.717, 1.165) is 31.6 Å². The lowest BCUT2D eigenvalue weighted by molar-refractivity contribution is -0.133. The first-order valence-corrected chi connectivity index (χ1v) is 8.26. The van der Waals surface area contributed by atoms with Crippen molar-refractivity contribution in [2.75, 3.05) is 19.6 Å². The van der Waals surface area contributed by atoms with E-state index in [0.29, 0.717) is 6.42 Å². The van der Waals surface area contributed by atoms with Crippen LogP contribution < -0.4 is 5.32 Å². The fourth-order valence-corrected chi connectivity index (χ4v) is 3.05. The van der Waals surface area contributed by atoms with Crippen LogP contribution in [0, 0.1) is 0 Å². The average Bonchev–Trinajstić information content (AvgIpc) is 2.62. The van der Waals surface area contributed by atoms with Gasteiger partial charge in [0.1, 0.15) is 0 Å². The molecule has 1 aromatic heterocycles. The van der Waals surface area contributed by atoms with E-state index in [1.165, 1.54) is 11.1 Å². The summed E-state index contributed by atoms with van der Waals surface area (Å²) in [6, 6.07) is 12.6. The van der Waals surface area contributed by atoms with Gasteiger partial charge >= 0.3 is 0 Å². The summed E-state index contributed by atoms with van der Waals surface area (Å²) >= 11 is 0. The number of pyridine rings is 1. The molecular formula is C19H23N3O. The lowest BCUT2D eigenvalue weighted by Crippen LogP contribution is -2.49. The van der Waals surface area contributed by atoms with Crippen LogP contribution in [0.4, 0.5) is 0 Å². The van der Waals surface area contributed by atoms with Gasteiger partial charge in [-0.25, -0.2) is 0 Å². The third-order valence-electron chi connectivity index (χ3n) is 4.41. The third kappa shape index (κ3) is 3.77. The van der Waals surface area contributed by atoms with E-state index in [9.17, 15) is 4.79 Å². The summed E-state index contributed by atoms with van der Waals surface area (Å²) in [7, 11) is 0. The summed E-state index contributed by atoms with van der Waals surface area (Å²) in [5, 5.41) is 3.40. The van der Waals surface area contributed by atoms with Crippen molar-refractivity contribution < 1.29 is 4.79 Å². The van der Waals surface area contributed by atoms with Gasteiger partial charge < -0.3 is 10.2 Å². The summed E-state index contributed by atoms with van der Waals surface area (Å²) in [6.07, 6.45) is 4.95. The first kappa shape index (κ1) is 15.7. The van der Waals surface area contributed by atoms with Crippen molar-refractivity contribution in [1.82, 2.24) is 15.2 Å². The lowest BCUT2D eigenvalue weighted by Gasteiger charge is -2.36. The highest BCUT2D eigenvalue weighted by Crippen LogP contribution is 2.23. The molecule has 3 rings (SSSR count). The monoisotopic (exact) mass is 309 g/mol. The number of nitrogens with zero attached hydrogens (tertiary/aromatic N) is 2. The highest BCUT2D eigenvalue weighted by molar-refractivity contribution is 5.79. The fourth-order valence-electron chi connectivity index (χ4n) is 3.05. The maximum Gasteiger partial charge on any atom is 0.227 e. The smallest absolute Gasteiger partial charge is 0.227 e. The van der Waals surface area contributed by atoms with Crippen LogP contribution in [0.15, 0.2) is 48.8 Å². The second-order valence-corrected chi connectivity index (χ2v) is 5.94. The Morgan fingerprint density at radius 3 is 2.78 bits per heavy atom. The number of aryl methyl sites for hydroxylation is 1. The molecule has 1 amide bonds. The van der Waals surface area contributed by atoms with Gasteiger partial charge in [0.25, 0.3) is 0 Å². The molecule has 4 heteroatoms. The molecule has 1 aliphatic rings. The van der Waals surface area contributed by atoms with E-state index >= 15 is 0 Å². The zero-order valence-electron chi connectivity index (χ0n) is 13.5. The van der Waals surface area contributed by atoms with Crippen molar-refractivity contribution in [2.24, 2.45) is 0 Å². The molecule has 23 heavy (non-hydrogen) atoms. The molecule has 1 fully saturated rings. The van der Waals surface area contributed by atoms with Gasteiger partial charge in [-0.1, -0.05) is 37.3 Å². The minimum atomic E-state index is 0.110. The Morgan fingerprint density at radius 2 is 2.09 bits per heavy atom. The molecule has 0 saturated carbocycles. The molecule has 1 aliphatic heterocycles. The number of piperazine rings is 1. The first-order valence-electron chi connectivity index (χ1n) is 8.26. The van der Waals surface area contributed by atoms with Gasteiger partial charge in [-0.3, -0.25) is 9.78 Å². The van der Waals surface area contributed by atoms with Gasteiger partial charge in [-0.15, -0.1) is 0 Å². The molecule has 4 nitrogen and oxygen atoms in total. The fraction of sp³-hybridized carbons (Fsp3) is 0.368. The molecule has 0 bridgehead atoms. The van der Waals surface area contributed by atoms with Crippen molar-refractivity contribution in [3.05, 3.63) is 65.5 Å². The highest BCUT2D eigenvalue weighted by atomic mass is 16.2. The van der Waals surface area contributed by atoms with Crippen LogP contribution in [-0.2, 0) is 17.6 Å². The standard InChI is InChI=1S/C19H23N3O/c1-2-15-5-7-17(8-6-15)18-14-21-10-11-22(18)19(23)12-16-4-3-9-20-13-16/h3-9,13,18,21H,2,10-12,14H2,1H3. The Hall–Kier alpha value is -2.20. The average molecular weight is 309 g/mol. The van der Waals surface area contributed by atoms with Gasteiger partial charge in [-0.2, -0.15) is 0 Å². The maximum absolute atomic E-state index is 12.7. The normalized spacial score (nSPS) is 18.0. The molecule has 0 spiro atoms. The van der Waals surface area contributed by atoms with Crippen LogP contribution >= 0.6 is 0 Å². The Balaban J connectivity index is 1.76. The minimum absolute atomic E-state index is 0.110. The molecule has 1 saturated heterocycles. The van der Waals surface area contributed by atoms with Crippen LogP contribution in [0.1, 0.15) is 29.7 Å². The van der Waals surface area contributed by atoms with Crippen LogP contribution in [0.25, 0.3) is 0 Å². The first-order chi connectivity index (χ1) is 11.3. The minimum Gasteiger partial charge on any atom is -0.333 e. The van der Waals surface area contributed by atoms with Gasteiger partial charge in [0.05, 0.1) is 12.5 Å². The van der Waals surface area contributed by atoms with Gasteiger partial charge in [0.2, 0.25) is 5.91 Å². The van der Waals surface area contributed by atoms with Crippen LogP contribution in [-0.4, -0.2) is 35.4 Å². The number of hydrogen-bond donors (Lipinski definition) is 1. The zero-order chi connectivity index (χ0) is 16.1. The molecular weight excluding hydrogens is 286 g/mol. The molecule has 0 radical (unpaired) electrons. The van der Waals surface area contributed by atoms with Crippen LogP contribution in [0.5, 0.6) is 0 Å². The second kappa shape index (κ2) is 7.38. The van der Waals surface area contributed by atoms with E-state index in [1.807, 2.05) is 17.0 Å². The lowest BCUT2D eigenvalue weighted by atomic mass is 10.00. The Kier molecular flexibility index (Phi) is 5.03. The van der Waals surface area contributed by atoms with E-state index in [4.69, 9.17) is 0 Å². The number of carbonyl (C=O) groups excluding carboxylic acids is 1. The molecule has 2 aromatic rings. The number of aromatic nitrogens is 1. The van der Waals surface area contributed by atoms with Crippen LogP contribution in [0.2, 0.25) is 0 Å². The number of rotatable bonds is 4. The number of benzene rings is 1. The van der Waals surface area contributed by atoms with Crippen molar-refractivity contribution in [3.63, 3.8) is 0 Å². The Bertz CT molecular complexity index is 639. The molecule has 1 unspecified atom stereocenters. The topological polar surface area (TPSA) is 45.2 Å². The Morgan fingerprint density at radius 1 is 1.26 bits per heavy atom. The van der Waals surface area contributed by atoms with Crippen molar-refractivity contribution in [2.45, 2.75) is 25.8 Å². The van der Waals surface area contributed by atoms with Crippen LogP contribution in [0.3, 0.4) is 0 Å². The highest BCUT2D eigenvalue weighted by Gasteiger charge is 2.27. The summed E-state index contributed by atoms with van der Waals surface area (Å²) in [5.41, 5.74) is 3.50.